The van der Waals surface area contributed by atoms with Crippen LogP contribution in [-0.2, 0) is 0 Å². The number of hydrogen-bond acceptors (Lipinski definition) is 2. The van der Waals surface area contributed by atoms with Gasteiger partial charge in [-0.25, -0.2) is 0 Å². The summed E-state index contributed by atoms with van der Waals surface area (Å²) >= 11 is 0. The van der Waals surface area contributed by atoms with Crippen LogP contribution in [0.15, 0.2) is 170 Å². The maximum absolute atomic E-state index is 2.40. The molecular formula is C50H40N2. The Balaban J connectivity index is 1.05. The van der Waals surface area contributed by atoms with E-state index in [1.807, 2.05) is 0 Å². The first-order valence-electron chi connectivity index (χ1n) is 18.2. The van der Waals surface area contributed by atoms with Crippen molar-refractivity contribution in [2.75, 3.05) is 16.8 Å². The molecule has 0 saturated carbocycles. The van der Waals surface area contributed by atoms with E-state index in [-0.39, 0.29) is 0 Å². The molecule has 0 bridgehead atoms. The van der Waals surface area contributed by atoms with Crippen LogP contribution in [-0.4, -0.2) is 7.05 Å². The molecule has 0 aliphatic rings. The number of rotatable bonds is 7. The lowest BCUT2D eigenvalue weighted by Crippen LogP contribution is -2.14. The second-order valence-electron chi connectivity index (χ2n) is 13.7. The second-order valence-corrected chi connectivity index (χ2v) is 13.7. The van der Waals surface area contributed by atoms with Gasteiger partial charge in [-0.15, -0.1) is 0 Å². The Labute approximate surface area is 305 Å². The van der Waals surface area contributed by atoms with Crippen LogP contribution in [0, 0.1) is 6.92 Å². The highest BCUT2D eigenvalue weighted by atomic mass is 15.1. The van der Waals surface area contributed by atoms with Crippen LogP contribution >= 0.6 is 0 Å². The molecule has 2 nitrogen and oxygen atoms in total. The van der Waals surface area contributed by atoms with Crippen molar-refractivity contribution in [3.05, 3.63) is 181 Å². The van der Waals surface area contributed by atoms with Gasteiger partial charge in [0.1, 0.15) is 0 Å². The van der Waals surface area contributed by atoms with Gasteiger partial charge < -0.3 is 9.80 Å². The Kier molecular flexibility index (Phi) is 7.94. The van der Waals surface area contributed by atoms with Gasteiger partial charge in [-0.2, -0.15) is 0 Å². The Bertz CT molecular complexity index is 2780. The second kappa shape index (κ2) is 13.1. The van der Waals surface area contributed by atoms with Gasteiger partial charge in [0.2, 0.25) is 0 Å². The van der Waals surface area contributed by atoms with Gasteiger partial charge in [-0.3, -0.25) is 0 Å². The Morgan fingerprint density at radius 3 is 1.75 bits per heavy atom. The zero-order valence-electron chi connectivity index (χ0n) is 29.8. The molecule has 0 aromatic heterocycles. The van der Waals surface area contributed by atoms with Crippen molar-refractivity contribution in [1.29, 1.82) is 0 Å². The highest BCUT2D eigenvalue weighted by Gasteiger charge is 2.17. The normalized spacial score (nSPS) is 11.9. The molecule has 0 amide bonds. The Morgan fingerprint density at radius 1 is 0.462 bits per heavy atom. The third-order valence-corrected chi connectivity index (χ3v) is 10.7. The molecule has 9 aromatic carbocycles. The molecule has 0 fully saturated rings. The highest BCUT2D eigenvalue weighted by Crippen LogP contribution is 2.39. The smallest absolute Gasteiger partial charge is 0.0468 e. The molecule has 0 N–H and O–H groups in total. The molecular weight excluding hydrogens is 629 g/mol. The molecule has 0 aliphatic heterocycles. The van der Waals surface area contributed by atoms with Gasteiger partial charge in [0.15, 0.2) is 0 Å². The minimum atomic E-state index is 0.989. The molecule has 0 spiro atoms. The van der Waals surface area contributed by atoms with Crippen LogP contribution in [0.4, 0.5) is 28.4 Å². The van der Waals surface area contributed by atoms with Crippen LogP contribution in [0.5, 0.6) is 0 Å². The molecule has 9 aromatic rings. The summed E-state index contributed by atoms with van der Waals surface area (Å²) in [6.45, 7) is 4.52. The maximum Gasteiger partial charge on any atom is 0.0468 e. The topological polar surface area (TPSA) is 6.48 Å². The first kappa shape index (κ1) is 31.6. The average Bonchev–Trinajstić information content (AvgIpc) is 3.20. The van der Waals surface area contributed by atoms with E-state index in [1.54, 1.807) is 0 Å². The summed E-state index contributed by atoms with van der Waals surface area (Å²) in [7, 11) is 2.18. The zero-order valence-corrected chi connectivity index (χ0v) is 29.8. The summed E-state index contributed by atoms with van der Waals surface area (Å²) in [5.41, 5.74) is 9.47. The largest absolute Gasteiger partial charge is 0.344 e. The standard InChI is InChI=1S/C50H40N2/c1-4-12-44-45-19-10-15-38-16-11-20-46(50(38)45)47-31-32-48(34(2)49(44)47)51(3)40-26-21-36(22-27-40)37-23-28-42(29-24-37)52(41-17-6-5-7-18-41)43-30-25-35-13-8-9-14-39(35)33-43/h5-33H,4H2,1-3H3/b44-12-. The number of hydrogen-bond donors (Lipinski definition) is 0. The van der Waals surface area contributed by atoms with Crippen molar-refractivity contribution in [3.8, 4) is 11.1 Å². The molecule has 0 saturated heterocycles. The van der Waals surface area contributed by atoms with Crippen molar-refractivity contribution in [2.45, 2.75) is 20.3 Å². The molecule has 0 aliphatic carbocycles. The summed E-state index contributed by atoms with van der Waals surface area (Å²) in [4.78, 5) is 4.66. The van der Waals surface area contributed by atoms with E-state index in [4.69, 9.17) is 0 Å². The van der Waals surface area contributed by atoms with Gasteiger partial charge in [0, 0.05) is 35.5 Å². The van der Waals surface area contributed by atoms with Gasteiger partial charge in [0.25, 0.3) is 0 Å². The number of anilines is 5. The number of benzene rings is 9. The van der Waals surface area contributed by atoms with Crippen molar-refractivity contribution in [3.63, 3.8) is 0 Å². The van der Waals surface area contributed by atoms with E-state index in [2.05, 4.69) is 207 Å². The molecule has 2 heteroatoms. The van der Waals surface area contributed by atoms with E-state index in [0.717, 1.165) is 29.2 Å². The first-order valence-corrected chi connectivity index (χ1v) is 18.2. The minimum Gasteiger partial charge on any atom is -0.344 e. The number of para-hydroxylation sites is 1. The highest BCUT2D eigenvalue weighted by molar-refractivity contribution is 6.22. The van der Waals surface area contributed by atoms with Gasteiger partial charge in [0.05, 0.1) is 0 Å². The summed E-state index contributed by atoms with van der Waals surface area (Å²) in [6, 6.07) is 61.8. The number of nitrogens with zero attached hydrogens (tertiary/aromatic N) is 2. The fourth-order valence-corrected chi connectivity index (χ4v) is 8.14. The molecule has 0 unspecified atom stereocenters. The lowest BCUT2D eigenvalue weighted by atomic mass is 9.90. The summed E-state index contributed by atoms with van der Waals surface area (Å²) < 4.78 is 0. The van der Waals surface area contributed by atoms with Gasteiger partial charge >= 0.3 is 0 Å². The summed E-state index contributed by atoms with van der Waals surface area (Å²) in [6.07, 6.45) is 3.39. The fourth-order valence-electron chi connectivity index (χ4n) is 8.14. The predicted octanol–water partition coefficient (Wildman–Crippen LogP) is 13.4. The molecule has 250 valence electrons. The van der Waals surface area contributed by atoms with Crippen LogP contribution in [0.1, 0.15) is 18.9 Å². The van der Waals surface area contributed by atoms with Crippen molar-refractivity contribution in [2.24, 2.45) is 0 Å². The predicted molar refractivity (Wildman–Crippen MR) is 226 cm³/mol. The average molecular weight is 669 g/mol. The SMILES string of the molecule is CC/C=c1/c2cccc3cccc(c4ccc(N(C)c5ccc(-c6ccc(N(c7ccccc7)c7ccc8ccccc8c7)cc6)cc5)c(C)c14)c32. The first-order chi connectivity index (χ1) is 25.6. The van der Waals surface area contributed by atoms with E-state index >= 15 is 0 Å². The Hall–Kier alpha value is -6.38. The molecule has 52 heavy (non-hydrogen) atoms. The van der Waals surface area contributed by atoms with Crippen molar-refractivity contribution < 1.29 is 0 Å². The molecule has 0 radical (unpaired) electrons. The molecule has 9 rings (SSSR count). The lowest BCUT2D eigenvalue weighted by molar-refractivity contribution is 1.19. The zero-order chi connectivity index (χ0) is 35.2. The van der Waals surface area contributed by atoms with Crippen molar-refractivity contribution >= 4 is 77.6 Å². The molecule has 0 atom stereocenters. The Morgan fingerprint density at radius 2 is 1.04 bits per heavy atom. The monoisotopic (exact) mass is 668 g/mol. The van der Waals surface area contributed by atoms with E-state index < -0.39 is 0 Å². The summed E-state index contributed by atoms with van der Waals surface area (Å²) in [5, 5.41) is 11.8. The third-order valence-electron chi connectivity index (χ3n) is 10.7. The summed E-state index contributed by atoms with van der Waals surface area (Å²) in [5.74, 6) is 0. The quantitative estimate of drug-likeness (QED) is 0.123. The van der Waals surface area contributed by atoms with Gasteiger partial charge in [-0.1, -0.05) is 128 Å². The van der Waals surface area contributed by atoms with Crippen LogP contribution in [0.25, 0.3) is 60.3 Å². The molecule has 0 heterocycles. The van der Waals surface area contributed by atoms with Crippen LogP contribution in [0.3, 0.4) is 0 Å². The number of fused-ring (bicyclic) bond motifs is 3. The minimum absolute atomic E-state index is 0.989. The van der Waals surface area contributed by atoms with Gasteiger partial charge in [-0.05, 0) is 133 Å². The maximum atomic E-state index is 2.40. The van der Waals surface area contributed by atoms with E-state index in [1.165, 1.54) is 70.7 Å². The van der Waals surface area contributed by atoms with Crippen molar-refractivity contribution in [1.82, 2.24) is 0 Å². The van der Waals surface area contributed by atoms with Crippen LogP contribution in [0.2, 0.25) is 0 Å². The lowest BCUT2D eigenvalue weighted by Gasteiger charge is -2.26. The van der Waals surface area contributed by atoms with Crippen LogP contribution < -0.4 is 15.0 Å². The fraction of sp³-hybridized carbons (Fsp3) is 0.0800. The third kappa shape index (κ3) is 5.36. The van der Waals surface area contributed by atoms with E-state index in [0.29, 0.717) is 0 Å². The van der Waals surface area contributed by atoms with E-state index in [9.17, 15) is 0 Å². The number of aryl methyl sites for hydroxylation is 1.